The molecule has 0 atom stereocenters. The average Bonchev–Trinajstić information content (AvgIpc) is 2.50. The zero-order valence-corrected chi connectivity index (χ0v) is 11.4. The fourth-order valence-corrected chi connectivity index (χ4v) is 2.13. The van der Waals surface area contributed by atoms with E-state index in [0.717, 1.165) is 10.8 Å². The highest BCUT2D eigenvalue weighted by Gasteiger charge is 2.09. The molecule has 3 rings (SSSR count). The van der Waals surface area contributed by atoms with Crippen LogP contribution in [0.4, 0.5) is 5.69 Å². The van der Waals surface area contributed by atoms with Crippen LogP contribution in [0, 0.1) is 18.3 Å². The smallest absolute Gasteiger partial charge is 0.323 e. The number of benzene rings is 2. The molecule has 0 aliphatic heterocycles. The Kier molecular flexibility index (Phi) is 3.13. The van der Waals surface area contributed by atoms with Gasteiger partial charge in [-0.05, 0) is 25.1 Å². The van der Waals surface area contributed by atoms with Crippen LogP contribution in [-0.2, 0) is 0 Å². The second kappa shape index (κ2) is 5.10. The van der Waals surface area contributed by atoms with Crippen LogP contribution in [0.15, 0.2) is 42.5 Å². The lowest BCUT2D eigenvalue weighted by atomic mass is 10.1. The highest BCUT2D eigenvalue weighted by Crippen LogP contribution is 2.32. The number of aryl methyl sites for hydroxylation is 1. The fourth-order valence-electron chi connectivity index (χ4n) is 2.13. The Morgan fingerprint density at radius 1 is 1.10 bits per heavy atom. The third-order valence-electron chi connectivity index (χ3n) is 3.07. The maximum absolute atomic E-state index is 8.95. The summed E-state index contributed by atoms with van der Waals surface area (Å²) in [4.78, 5) is 8.24. The number of nitrogens with two attached hydrogens (primary N) is 1. The van der Waals surface area contributed by atoms with Crippen LogP contribution in [0.1, 0.15) is 11.4 Å². The molecule has 2 N–H and O–H groups in total. The minimum absolute atomic E-state index is 0.154. The summed E-state index contributed by atoms with van der Waals surface area (Å²) in [6.07, 6.45) is 0. The number of rotatable bonds is 2. The van der Waals surface area contributed by atoms with Crippen molar-refractivity contribution in [2.45, 2.75) is 6.92 Å². The van der Waals surface area contributed by atoms with Gasteiger partial charge in [0.2, 0.25) is 0 Å². The first-order valence-corrected chi connectivity index (χ1v) is 6.38. The molecule has 0 bridgehead atoms. The lowest BCUT2D eigenvalue weighted by molar-refractivity contribution is 0.444. The molecule has 0 radical (unpaired) electrons. The maximum atomic E-state index is 8.95. The molecule has 102 valence electrons. The number of nitriles is 1. The average molecular weight is 276 g/mol. The topological polar surface area (TPSA) is 84.8 Å². The molecular weight excluding hydrogens is 264 g/mol. The summed E-state index contributed by atoms with van der Waals surface area (Å²) < 4.78 is 5.74. The summed E-state index contributed by atoms with van der Waals surface area (Å²) >= 11 is 0. The normalized spacial score (nSPS) is 10.3. The van der Waals surface area contributed by atoms with E-state index >= 15 is 0 Å². The van der Waals surface area contributed by atoms with Crippen LogP contribution < -0.4 is 10.5 Å². The molecule has 1 aromatic heterocycles. The Morgan fingerprint density at radius 2 is 1.86 bits per heavy atom. The van der Waals surface area contributed by atoms with Gasteiger partial charge in [-0.1, -0.05) is 24.3 Å². The predicted octanol–water partition coefficient (Wildman–Crippen LogP) is 3.18. The largest absolute Gasteiger partial charge is 0.424 e. The fraction of sp³-hybridized carbons (Fsp3) is 0.0625. The standard InChI is InChI=1S/C16H12N4O/c1-10-8-11(9-17)20-16(19-10)21-15-7-6-14(18)12-4-2-3-5-13(12)15/h2-8H,18H2,1H3. The van der Waals surface area contributed by atoms with Crippen molar-refractivity contribution < 1.29 is 4.74 Å². The van der Waals surface area contributed by atoms with Crippen molar-refractivity contribution >= 4 is 16.5 Å². The van der Waals surface area contributed by atoms with Gasteiger partial charge < -0.3 is 10.5 Å². The van der Waals surface area contributed by atoms with Gasteiger partial charge in [0.05, 0.1) is 0 Å². The highest BCUT2D eigenvalue weighted by molar-refractivity contribution is 5.97. The highest BCUT2D eigenvalue weighted by atomic mass is 16.5. The molecule has 0 saturated heterocycles. The van der Waals surface area contributed by atoms with Gasteiger partial charge in [-0.25, -0.2) is 4.98 Å². The summed E-state index contributed by atoms with van der Waals surface area (Å²) in [5.41, 5.74) is 7.59. The van der Waals surface area contributed by atoms with Crippen molar-refractivity contribution in [1.82, 2.24) is 9.97 Å². The van der Waals surface area contributed by atoms with E-state index in [2.05, 4.69) is 9.97 Å². The number of nitrogen functional groups attached to an aromatic ring is 1. The Labute approximate surface area is 121 Å². The van der Waals surface area contributed by atoms with Crippen molar-refractivity contribution in [3.8, 4) is 17.8 Å². The summed E-state index contributed by atoms with van der Waals surface area (Å²) in [5.74, 6) is 0.606. The van der Waals surface area contributed by atoms with Crippen LogP contribution in [-0.4, -0.2) is 9.97 Å². The van der Waals surface area contributed by atoms with Crippen LogP contribution >= 0.6 is 0 Å². The summed E-state index contributed by atoms with van der Waals surface area (Å²) in [6.45, 7) is 1.79. The van der Waals surface area contributed by atoms with Crippen molar-refractivity contribution in [3.63, 3.8) is 0 Å². The lowest BCUT2D eigenvalue weighted by Crippen LogP contribution is -1.97. The molecule has 5 heteroatoms. The van der Waals surface area contributed by atoms with Gasteiger partial charge in [0, 0.05) is 22.2 Å². The number of hydrogen-bond donors (Lipinski definition) is 1. The van der Waals surface area contributed by atoms with Gasteiger partial charge in [-0.3, -0.25) is 0 Å². The third kappa shape index (κ3) is 2.47. The van der Waals surface area contributed by atoms with Gasteiger partial charge in [0.15, 0.2) is 0 Å². The molecule has 2 aromatic carbocycles. The Hall–Kier alpha value is -3.13. The zero-order valence-electron chi connectivity index (χ0n) is 11.4. The van der Waals surface area contributed by atoms with Crippen molar-refractivity contribution in [2.24, 2.45) is 0 Å². The quantitative estimate of drug-likeness (QED) is 0.726. The molecule has 0 aliphatic rings. The van der Waals surface area contributed by atoms with E-state index in [1.165, 1.54) is 0 Å². The van der Waals surface area contributed by atoms with Crippen LogP contribution in [0.3, 0.4) is 0 Å². The van der Waals surface area contributed by atoms with E-state index in [9.17, 15) is 0 Å². The second-order valence-electron chi connectivity index (χ2n) is 4.59. The van der Waals surface area contributed by atoms with Gasteiger partial charge in [0.25, 0.3) is 0 Å². The van der Waals surface area contributed by atoms with Crippen molar-refractivity contribution in [1.29, 1.82) is 5.26 Å². The molecule has 0 fully saturated rings. The van der Waals surface area contributed by atoms with Gasteiger partial charge in [0.1, 0.15) is 17.5 Å². The number of fused-ring (bicyclic) bond motifs is 1. The first-order chi connectivity index (χ1) is 10.2. The van der Waals surface area contributed by atoms with E-state index < -0.39 is 0 Å². The Bertz CT molecular complexity index is 868. The molecule has 0 amide bonds. The van der Waals surface area contributed by atoms with Crippen molar-refractivity contribution in [2.75, 3.05) is 5.73 Å². The predicted molar refractivity (Wildman–Crippen MR) is 79.9 cm³/mol. The zero-order chi connectivity index (χ0) is 14.8. The lowest BCUT2D eigenvalue weighted by Gasteiger charge is -2.09. The van der Waals surface area contributed by atoms with Gasteiger partial charge in [-0.2, -0.15) is 10.2 Å². The number of nitrogens with zero attached hydrogens (tertiary/aromatic N) is 3. The third-order valence-corrected chi connectivity index (χ3v) is 3.07. The number of hydrogen-bond acceptors (Lipinski definition) is 5. The van der Waals surface area contributed by atoms with E-state index in [1.54, 1.807) is 25.1 Å². The summed E-state index contributed by atoms with van der Waals surface area (Å²) in [5, 5.41) is 10.7. The molecule has 21 heavy (non-hydrogen) atoms. The number of aromatic nitrogens is 2. The van der Waals surface area contributed by atoms with E-state index in [0.29, 0.717) is 17.1 Å². The monoisotopic (exact) mass is 276 g/mol. The van der Waals surface area contributed by atoms with E-state index in [4.69, 9.17) is 15.7 Å². The van der Waals surface area contributed by atoms with Gasteiger partial charge in [-0.15, -0.1) is 0 Å². The molecule has 0 saturated carbocycles. The molecule has 0 unspecified atom stereocenters. The maximum Gasteiger partial charge on any atom is 0.323 e. The number of ether oxygens (including phenoxy) is 1. The first-order valence-electron chi connectivity index (χ1n) is 6.38. The first kappa shape index (κ1) is 12.9. The summed E-state index contributed by atoms with van der Waals surface area (Å²) in [6, 6.07) is 15.0. The summed E-state index contributed by atoms with van der Waals surface area (Å²) in [7, 11) is 0. The second-order valence-corrected chi connectivity index (χ2v) is 4.59. The molecule has 0 aliphatic carbocycles. The Morgan fingerprint density at radius 3 is 2.62 bits per heavy atom. The van der Waals surface area contributed by atoms with Crippen LogP contribution in [0.25, 0.3) is 10.8 Å². The molecule has 3 aromatic rings. The molecule has 1 heterocycles. The van der Waals surface area contributed by atoms with Crippen LogP contribution in [0.2, 0.25) is 0 Å². The molecular formula is C16H12N4O. The van der Waals surface area contributed by atoms with E-state index in [-0.39, 0.29) is 11.7 Å². The minimum atomic E-state index is 0.154. The minimum Gasteiger partial charge on any atom is -0.424 e. The number of anilines is 1. The SMILES string of the molecule is Cc1cc(C#N)nc(Oc2ccc(N)c3ccccc23)n1. The van der Waals surface area contributed by atoms with Crippen molar-refractivity contribution in [3.05, 3.63) is 53.9 Å². The molecule has 0 spiro atoms. The molecule has 5 nitrogen and oxygen atoms in total. The Balaban J connectivity index is 2.09. The van der Waals surface area contributed by atoms with Gasteiger partial charge >= 0.3 is 6.01 Å². The van der Waals surface area contributed by atoms with Crippen LogP contribution in [0.5, 0.6) is 11.8 Å². The van der Waals surface area contributed by atoms with E-state index in [1.807, 2.05) is 30.3 Å².